The third-order valence-electron chi connectivity index (χ3n) is 2.18. The van der Waals surface area contributed by atoms with Gasteiger partial charge in [-0.3, -0.25) is 0 Å². The molecule has 2 rings (SSSR count). The van der Waals surface area contributed by atoms with Gasteiger partial charge in [-0.2, -0.15) is 0 Å². The Balaban J connectivity index is 2.44. The quantitative estimate of drug-likeness (QED) is 0.590. The van der Waals surface area contributed by atoms with Gasteiger partial charge in [-0.1, -0.05) is 36.3 Å². The van der Waals surface area contributed by atoms with Crippen molar-refractivity contribution >= 4 is 10.8 Å². The van der Waals surface area contributed by atoms with Crippen LogP contribution in [-0.4, -0.2) is 0 Å². The van der Waals surface area contributed by atoms with E-state index in [2.05, 4.69) is 36.1 Å². The molecule has 1 radical (unpaired) electrons. The molecular formula is C14H11. The van der Waals surface area contributed by atoms with Crippen molar-refractivity contribution in [3.63, 3.8) is 0 Å². The van der Waals surface area contributed by atoms with E-state index in [0.29, 0.717) is 0 Å². The van der Waals surface area contributed by atoms with Crippen LogP contribution in [0.3, 0.4) is 0 Å². The van der Waals surface area contributed by atoms with Crippen molar-refractivity contribution in [1.29, 1.82) is 0 Å². The summed E-state index contributed by atoms with van der Waals surface area (Å²) in [5, 5.41) is 2.41. The number of hydrogen-bond acceptors (Lipinski definition) is 0. The van der Waals surface area contributed by atoms with Crippen LogP contribution < -0.4 is 0 Å². The molecule has 2 aromatic carbocycles. The zero-order valence-corrected chi connectivity index (χ0v) is 8.17. The fraction of sp³-hybridized carbons (Fsp3) is 0.143. The SMILES string of the molecule is CC#CCc1c[c]c2ccccc2c1. The summed E-state index contributed by atoms with van der Waals surface area (Å²) in [5.41, 5.74) is 1.23. The average molecular weight is 179 g/mol. The smallest absolute Gasteiger partial charge is 0.0340 e. The summed E-state index contributed by atoms with van der Waals surface area (Å²) in [6.07, 6.45) is 0.817. The summed E-state index contributed by atoms with van der Waals surface area (Å²) >= 11 is 0. The summed E-state index contributed by atoms with van der Waals surface area (Å²) < 4.78 is 0. The highest BCUT2D eigenvalue weighted by atomic mass is 14.0. The van der Waals surface area contributed by atoms with Crippen LogP contribution in [0.5, 0.6) is 0 Å². The van der Waals surface area contributed by atoms with Crippen molar-refractivity contribution < 1.29 is 0 Å². The Hall–Kier alpha value is -1.74. The van der Waals surface area contributed by atoms with E-state index >= 15 is 0 Å². The van der Waals surface area contributed by atoms with Crippen LogP contribution in [0.25, 0.3) is 10.8 Å². The second kappa shape index (κ2) is 3.98. The number of hydrogen-bond donors (Lipinski definition) is 0. The summed E-state index contributed by atoms with van der Waals surface area (Å²) in [4.78, 5) is 0. The van der Waals surface area contributed by atoms with E-state index in [1.807, 2.05) is 25.1 Å². The minimum Gasteiger partial charge on any atom is -0.106 e. The topological polar surface area (TPSA) is 0 Å². The van der Waals surface area contributed by atoms with Gasteiger partial charge < -0.3 is 0 Å². The van der Waals surface area contributed by atoms with Gasteiger partial charge in [0.2, 0.25) is 0 Å². The van der Waals surface area contributed by atoms with Gasteiger partial charge in [-0.25, -0.2) is 0 Å². The first-order valence-corrected chi connectivity index (χ1v) is 4.69. The minimum absolute atomic E-state index is 0.817. The van der Waals surface area contributed by atoms with Gasteiger partial charge >= 0.3 is 0 Å². The van der Waals surface area contributed by atoms with E-state index in [9.17, 15) is 0 Å². The lowest BCUT2D eigenvalue weighted by atomic mass is 10.1. The molecule has 0 spiro atoms. The van der Waals surface area contributed by atoms with E-state index in [1.54, 1.807) is 0 Å². The minimum atomic E-state index is 0.817. The Morgan fingerprint density at radius 1 is 1.29 bits per heavy atom. The second-order valence-electron chi connectivity index (χ2n) is 3.20. The van der Waals surface area contributed by atoms with E-state index in [1.165, 1.54) is 16.3 Å². The van der Waals surface area contributed by atoms with E-state index in [4.69, 9.17) is 0 Å². The zero-order chi connectivity index (χ0) is 9.80. The summed E-state index contributed by atoms with van der Waals surface area (Å²) in [6.45, 7) is 1.87. The van der Waals surface area contributed by atoms with Crippen molar-refractivity contribution in [2.75, 3.05) is 0 Å². The predicted molar refractivity (Wildman–Crippen MR) is 59.9 cm³/mol. The first-order chi connectivity index (χ1) is 6.90. The zero-order valence-electron chi connectivity index (χ0n) is 8.17. The molecule has 0 aliphatic carbocycles. The Kier molecular flexibility index (Phi) is 2.51. The fourth-order valence-corrected chi connectivity index (χ4v) is 1.46. The van der Waals surface area contributed by atoms with Crippen LogP contribution in [0, 0.1) is 17.9 Å². The van der Waals surface area contributed by atoms with Crippen LogP contribution >= 0.6 is 0 Å². The molecule has 0 saturated carbocycles. The van der Waals surface area contributed by atoms with Crippen molar-refractivity contribution in [2.45, 2.75) is 13.3 Å². The third-order valence-corrected chi connectivity index (χ3v) is 2.18. The maximum atomic E-state index is 3.26. The first kappa shape index (κ1) is 8.84. The van der Waals surface area contributed by atoms with Crippen molar-refractivity contribution in [2.24, 2.45) is 0 Å². The lowest BCUT2D eigenvalue weighted by Gasteiger charge is -1.98. The van der Waals surface area contributed by atoms with E-state index in [0.717, 1.165) is 6.42 Å². The highest BCUT2D eigenvalue weighted by Crippen LogP contribution is 2.14. The van der Waals surface area contributed by atoms with Gasteiger partial charge in [0.05, 0.1) is 0 Å². The van der Waals surface area contributed by atoms with Crippen molar-refractivity contribution in [1.82, 2.24) is 0 Å². The standard InChI is InChI=1S/C14H11/c1-2-3-6-12-9-10-13-7-4-5-8-14(13)11-12/h4-5,7-9,11H,6H2,1H3. The maximum absolute atomic E-state index is 3.26. The highest BCUT2D eigenvalue weighted by Gasteiger charge is 1.94. The molecule has 0 atom stereocenters. The molecule has 0 nitrogen and oxygen atoms in total. The molecule has 0 saturated heterocycles. The van der Waals surface area contributed by atoms with Gasteiger partial charge in [-0.15, -0.1) is 5.92 Å². The van der Waals surface area contributed by atoms with Gasteiger partial charge in [0, 0.05) is 6.42 Å². The lowest BCUT2D eigenvalue weighted by molar-refractivity contribution is 1.33. The average Bonchev–Trinajstić information content (AvgIpc) is 2.26. The normalized spacial score (nSPS) is 9.50. The van der Waals surface area contributed by atoms with Gasteiger partial charge in [0.1, 0.15) is 0 Å². The van der Waals surface area contributed by atoms with Crippen molar-refractivity contribution in [3.05, 3.63) is 48.0 Å². The molecule has 0 aliphatic rings. The largest absolute Gasteiger partial charge is 0.106 e. The Morgan fingerprint density at radius 2 is 2.14 bits per heavy atom. The molecule has 67 valence electrons. The van der Waals surface area contributed by atoms with Crippen molar-refractivity contribution in [3.8, 4) is 11.8 Å². The molecule has 0 heterocycles. The van der Waals surface area contributed by atoms with Gasteiger partial charge in [-0.05, 0) is 35.4 Å². The molecule has 0 heteroatoms. The first-order valence-electron chi connectivity index (χ1n) is 4.69. The molecule has 0 fully saturated rings. The molecule has 2 aromatic rings. The Labute approximate surface area is 84.6 Å². The van der Waals surface area contributed by atoms with Crippen LogP contribution in [0.15, 0.2) is 36.4 Å². The predicted octanol–water partition coefficient (Wildman–Crippen LogP) is 3.21. The summed E-state index contributed by atoms with van der Waals surface area (Å²) in [7, 11) is 0. The molecule has 0 aliphatic heterocycles. The Morgan fingerprint density at radius 3 is 3.00 bits per heavy atom. The lowest BCUT2D eigenvalue weighted by Crippen LogP contribution is -1.81. The van der Waals surface area contributed by atoms with Crippen LogP contribution in [0.2, 0.25) is 0 Å². The molecule has 0 aromatic heterocycles. The van der Waals surface area contributed by atoms with Crippen LogP contribution in [0.4, 0.5) is 0 Å². The Bertz CT molecular complexity index is 498. The molecule has 0 N–H and O–H groups in total. The van der Waals surface area contributed by atoms with Gasteiger partial charge in [0.15, 0.2) is 0 Å². The summed E-state index contributed by atoms with van der Waals surface area (Å²) in [6, 6.07) is 15.7. The molecule has 0 bridgehead atoms. The fourth-order valence-electron chi connectivity index (χ4n) is 1.46. The number of rotatable bonds is 1. The van der Waals surface area contributed by atoms with E-state index in [-0.39, 0.29) is 0 Å². The summed E-state index contributed by atoms with van der Waals surface area (Å²) in [5.74, 6) is 5.96. The highest BCUT2D eigenvalue weighted by molar-refractivity contribution is 5.82. The molecule has 0 unspecified atom stereocenters. The maximum Gasteiger partial charge on any atom is 0.0340 e. The molecule has 14 heavy (non-hydrogen) atoms. The van der Waals surface area contributed by atoms with Crippen LogP contribution in [-0.2, 0) is 6.42 Å². The monoisotopic (exact) mass is 179 g/mol. The molecule has 0 amide bonds. The van der Waals surface area contributed by atoms with E-state index < -0.39 is 0 Å². The second-order valence-corrected chi connectivity index (χ2v) is 3.20. The molecular weight excluding hydrogens is 168 g/mol. The number of benzene rings is 2. The third kappa shape index (κ3) is 1.78. The van der Waals surface area contributed by atoms with Crippen LogP contribution in [0.1, 0.15) is 12.5 Å². The van der Waals surface area contributed by atoms with Gasteiger partial charge in [0.25, 0.3) is 0 Å². The number of fused-ring (bicyclic) bond motifs is 1.